The summed E-state index contributed by atoms with van der Waals surface area (Å²) in [4.78, 5) is 17.4. The molecular formula is C21H28N4O3S. The Hall–Kier alpha value is -2.42. The molecule has 2 N–H and O–H groups in total. The number of likely N-dealkylation sites (N-methyl/N-ethyl adjacent to an activating group) is 1. The van der Waals surface area contributed by atoms with Gasteiger partial charge in [-0.25, -0.2) is 13.1 Å². The van der Waals surface area contributed by atoms with Crippen LogP contribution in [0, 0.1) is 0 Å². The van der Waals surface area contributed by atoms with Gasteiger partial charge in [-0.3, -0.25) is 4.79 Å². The van der Waals surface area contributed by atoms with Crippen LogP contribution in [-0.2, 0) is 10.0 Å². The van der Waals surface area contributed by atoms with Gasteiger partial charge in [-0.1, -0.05) is 12.1 Å². The minimum atomic E-state index is -3.58. The van der Waals surface area contributed by atoms with E-state index in [4.69, 9.17) is 0 Å². The lowest BCUT2D eigenvalue weighted by molar-refractivity contribution is 0.102. The first kappa shape index (κ1) is 21.3. The highest BCUT2D eigenvalue weighted by Crippen LogP contribution is 2.27. The third-order valence-electron chi connectivity index (χ3n) is 4.81. The number of hydrogen-bond acceptors (Lipinski definition) is 5. The molecular weight excluding hydrogens is 388 g/mol. The van der Waals surface area contributed by atoms with Gasteiger partial charge in [-0.15, -0.1) is 0 Å². The van der Waals surface area contributed by atoms with E-state index in [1.165, 1.54) is 24.3 Å². The number of sulfonamides is 1. The van der Waals surface area contributed by atoms with E-state index < -0.39 is 10.0 Å². The fraction of sp³-hybridized carbons (Fsp3) is 0.381. The summed E-state index contributed by atoms with van der Waals surface area (Å²) < 4.78 is 27.0. The zero-order chi connectivity index (χ0) is 21.0. The van der Waals surface area contributed by atoms with Gasteiger partial charge in [0.2, 0.25) is 10.0 Å². The summed E-state index contributed by atoms with van der Waals surface area (Å²) >= 11 is 0. The second-order valence-corrected chi connectivity index (χ2v) is 9.28. The summed E-state index contributed by atoms with van der Waals surface area (Å²) in [7, 11) is -1.48. The van der Waals surface area contributed by atoms with Gasteiger partial charge >= 0.3 is 0 Å². The van der Waals surface area contributed by atoms with E-state index in [0.29, 0.717) is 5.56 Å². The van der Waals surface area contributed by atoms with Crippen molar-refractivity contribution in [2.75, 3.05) is 43.4 Å². The van der Waals surface area contributed by atoms with Crippen molar-refractivity contribution >= 4 is 27.3 Å². The number of carbonyl (C=O) groups excluding carboxylic acids is 1. The molecule has 1 aliphatic rings. The van der Waals surface area contributed by atoms with E-state index in [1.54, 1.807) is 13.8 Å². The number of rotatable bonds is 6. The SMILES string of the molecule is CC(C)NS(=O)(=O)c1ccc(C(=O)Nc2ccccc2N2CCN(C)CC2)cc1. The Balaban J connectivity index is 1.74. The molecule has 29 heavy (non-hydrogen) atoms. The van der Waals surface area contributed by atoms with E-state index in [0.717, 1.165) is 37.6 Å². The van der Waals surface area contributed by atoms with Crippen LogP contribution in [0.15, 0.2) is 53.4 Å². The van der Waals surface area contributed by atoms with E-state index in [2.05, 4.69) is 26.9 Å². The third kappa shape index (κ3) is 5.35. The molecule has 0 aliphatic carbocycles. The van der Waals surface area contributed by atoms with E-state index in [1.807, 2.05) is 24.3 Å². The van der Waals surface area contributed by atoms with Gasteiger partial charge in [-0.2, -0.15) is 0 Å². The molecule has 1 aliphatic heterocycles. The molecule has 2 aromatic carbocycles. The number of piperazine rings is 1. The van der Waals surface area contributed by atoms with Crippen LogP contribution < -0.4 is 14.9 Å². The quantitative estimate of drug-likeness (QED) is 0.756. The van der Waals surface area contributed by atoms with Gasteiger partial charge < -0.3 is 15.1 Å². The predicted octanol–water partition coefficient (Wildman–Crippen LogP) is 2.38. The lowest BCUT2D eigenvalue weighted by atomic mass is 10.2. The molecule has 2 aromatic rings. The van der Waals surface area contributed by atoms with Gasteiger partial charge in [-0.05, 0) is 57.3 Å². The number of para-hydroxylation sites is 2. The van der Waals surface area contributed by atoms with Gasteiger partial charge in [0.1, 0.15) is 0 Å². The summed E-state index contributed by atoms with van der Waals surface area (Å²) in [5, 5.41) is 2.97. The minimum absolute atomic E-state index is 0.139. The molecule has 0 aromatic heterocycles. The van der Waals surface area contributed by atoms with E-state index in [-0.39, 0.29) is 16.8 Å². The molecule has 3 rings (SSSR count). The zero-order valence-corrected chi connectivity index (χ0v) is 17.9. The van der Waals surface area contributed by atoms with Crippen LogP contribution in [0.3, 0.4) is 0 Å². The topological polar surface area (TPSA) is 81.7 Å². The first-order chi connectivity index (χ1) is 13.8. The summed E-state index contributed by atoms with van der Waals surface area (Å²) in [6.45, 7) is 7.28. The molecule has 8 heteroatoms. The first-order valence-corrected chi connectivity index (χ1v) is 11.2. The fourth-order valence-electron chi connectivity index (χ4n) is 3.26. The predicted molar refractivity (Wildman–Crippen MR) is 116 cm³/mol. The highest BCUT2D eigenvalue weighted by molar-refractivity contribution is 7.89. The average molecular weight is 417 g/mol. The molecule has 1 amide bonds. The van der Waals surface area contributed by atoms with Gasteiger partial charge in [0.15, 0.2) is 0 Å². The van der Waals surface area contributed by atoms with Crippen LogP contribution in [0.5, 0.6) is 0 Å². The number of carbonyl (C=O) groups is 1. The summed E-state index contributed by atoms with van der Waals surface area (Å²) in [5.74, 6) is -0.271. The molecule has 156 valence electrons. The number of benzene rings is 2. The molecule has 1 heterocycles. The highest BCUT2D eigenvalue weighted by Gasteiger charge is 2.19. The number of nitrogens with zero attached hydrogens (tertiary/aromatic N) is 2. The van der Waals surface area contributed by atoms with Crippen molar-refractivity contribution in [2.24, 2.45) is 0 Å². The molecule has 7 nitrogen and oxygen atoms in total. The van der Waals surface area contributed by atoms with Crippen molar-refractivity contribution < 1.29 is 13.2 Å². The lowest BCUT2D eigenvalue weighted by Gasteiger charge is -2.35. The van der Waals surface area contributed by atoms with Crippen molar-refractivity contribution in [3.05, 3.63) is 54.1 Å². The Morgan fingerprint density at radius 3 is 2.21 bits per heavy atom. The van der Waals surface area contributed by atoms with Gasteiger partial charge in [0.25, 0.3) is 5.91 Å². The van der Waals surface area contributed by atoms with Crippen LogP contribution in [0.1, 0.15) is 24.2 Å². The normalized spacial score (nSPS) is 15.5. The van der Waals surface area contributed by atoms with Crippen LogP contribution in [0.25, 0.3) is 0 Å². The molecule has 0 atom stereocenters. The molecule has 0 unspecified atom stereocenters. The zero-order valence-electron chi connectivity index (χ0n) is 17.1. The standard InChI is InChI=1S/C21H28N4O3S/c1-16(2)23-29(27,28)18-10-8-17(9-11-18)21(26)22-19-6-4-5-7-20(19)25-14-12-24(3)13-15-25/h4-11,16,23H,12-15H2,1-3H3,(H,22,26). The second-order valence-electron chi connectivity index (χ2n) is 7.56. The number of anilines is 2. The van der Waals surface area contributed by atoms with Crippen molar-refractivity contribution in [1.29, 1.82) is 0 Å². The Bertz CT molecular complexity index is 950. The van der Waals surface area contributed by atoms with Crippen LogP contribution in [0.4, 0.5) is 11.4 Å². The van der Waals surface area contributed by atoms with E-state index in [9.17, 15) is 13.2 Å². The summed E-state index contributed by atoms with van der Waals surface area (Å²) in [6, 6.07) is 13.5. The molecule has 0 bridgehead atoms. The maximum absolute atomic E-state index is 12.7. The largest absolute Gasteiger partial charge is 0.367 e. The third-order valence-corrected chi connectivity index (χ3v) is 6.49. The minimum Gasteiger partial charge on any atom is -0.367 e. The highest BCUT2D eigenvalue weighted by atomic mass is 32.2. The van der Waals surface area contributed by atoms with Crippen molar-refractivity contribution in [2.45, 2.75) is 24.8 Å². The Labute approximate surface area is 172 Å². The second kappa shape index (κ2) is 8.94. The maximum atomic E-state index is 12.7. The van der Waals surface area contributed by atoms with Crippen LogP contribution in [-0.4, -0.2) is 58.5 Å². The Kier molecular flexibility index (Phi) is 6.56. The lowest BCUT2D eigenvalue weighted by Crippen LogP contribution is -2.44. The summed E-state index contributed by atoms with van der Waals surface area (Å²) in [5.41, 5.74) is 2.15. The molecule has 1 fully saturated rings. The van der Waals surface area contributed by atoms with Crippen LogP contribution in [0.2, 0.25) is 0 Å². The average Bonchev–Trinajstić information content (AvgIpc) is 2.68. The van der Waals surface area contributed by atoms with Gasteiger partial charge in [0, 0.05) is 37.8 Å². The number of hydrogen-bond donors (Lipinski definition) is 2. The Morgan fingerprint density at radius 2 is 1.59 bits per heavy atom. The van der Waals surface area contributed by atoms with Crippen LogP contribution >= 0.6 is 0 Å². The summed E-state index contributed by atoms with van der Waals surface area (Å²) in [6.07, 6.45) is 0. The Morgan fingerprint density at radius 1 is 0.966 bits per heavy atom. The van der Waals surface area contributed by atoms with Crippen molar-refractivity contribution in [3.63, 3.8) is 0 Å². The molecule has 0 radical (unpaired) electrons. The van der Waals surface area contributed by atoms with Crippen molar-refractivity contribution in [1.82, 2.24) is 9.62 Å². The monoisotopic (exact) mass is 416 g/mol. The maximum Gasteiger partial charge on any atom is 0.255 e. The fourth-order valence-corrected chi connectivity index (χ4v) is 4.51. The van der Waals surface area contributed by atoms with E-state index >= 15 is 0 Å². The molecule has 1 saturated heterocycles. The van der Waals surface area contributed by atoms with Crippen molar-refractivity contribution in [3.8, 4) is 0 Å². The first-order valence-electron chi connectivity index (χ1n) is 9.72. The molecule has 0 spiro atoms. The number of amides is 1. The smallest absolute Gasteiger partial charge is 0.255 e. The molecule has 0 saturated carbocycles. The van der Waals surface area contributed by atoms with Gasteiger partial charge in [0.05, 0.1) is 16.3 Å². The number of nitrogens with one attached hydrogen (secondary N) is 2.